The Kier molecular flexibility index (Phi) is 3.22. The fourth-order valence-corrected chi connectivity index (χ4v) is 1.46. The zero-order chi connectivity index (χ0) is 11.4. The van der Waals surface area contributed by atoms with E-state index in [-0.39, 0.29) is 6.04 Å². The summed E-state index contributed by atoms with van der Waals surface area (Å²) < 4.78 is 0. The van der Waals surface area contributed by atoms with Crippen LogP contribution in [0.25, 0.3) is 0 Å². The van der Waals surface area contributed by atoms with Crippen LogP contribution in [0, 0.1) is 6.92 Å². The van der Waals surface area contributed by atoms with Crippen molar-refractivity contribution >= 4 is 0 Å². The third-order valence-corrected chi connectivity index (χ3v) is 2.31. The van der Waals surface area contributed by atoms with Crippen LogP contribution in [0.2, 0.25) is 0 Å². The third kappa shape index (κ3) is 2.61. The monoisotopic (exact) mass is 214 g/mol. The molecule has 0 aromatic carbocycles. The average Bonchev–Trinajstić information content (AvgIpc) is 2.31. The first-order chi connectivity index (χ1) is 7.75. The van der Waals surface area contributed by atoms with Crippen LogP contribution in [0.5, 0.6) is 0 Å². The molecule has 0 amide bonds. The highest BCUT2D eigenvalue weighted by atomic mass is 14.9. The van der Waals surface area contributed by atoms with Crippen LogP contribution in [0.4, 0.5) is 0 Å². The summed E-state index contributed by atoms with van der Waals surface area (Å²) >= 11 is 0. The molecule has 4 heteroatoms. The molecule has 16 heavy (non-hydrogen) atoms. The first-order valence-corrected chi connectivity index (χ1v) is 5.19. The van der Waals surface area contributed by atoms with Crippen molar-refractivity contribution in [3.05, 3.63) is 53.9 Å². The fourth-order valence-electron chi connectivity index (χ4n) is 1.46. The normalized spacial score (nSPS) is 12.4. The molecule has 0 aliphatic carbocycles. The van der Waals surface area contributed by atoms with Crippen molar-refractivity contribution in [1.29, 1.82) is 0 Å². The van der Waals surface area contributed by atoms with Crippen LogP contribution in [-0.2, 0) is 6.42 Å². The summed E-state index contributed by atoms with van der Waals surface area (Å²) in [6.07, 6.45) is 7.83. The summed E-state index contributed by atoms with van der Waals surface area (Å²) in [5, 5.41) is 0. The van der Waals surface area contributed by atoms with Gasteiger partial charge in [0.1, 0.15) is 5.82 Å². The topological polar surface area (TPSA) is 64.7 Å². The Morgan fingerprint density at radius 1 is 1.25 bits per heavy atom. The molecule has 0 bridgehead atoms. The quantitative estimate of drug-likeness (QED) is 0.839. The molecule has 0 aliphatic heterocycles. The van der Waals surface area contributed by atoms with Gasteiger partial charge in [-0.2, -0.15) is 0 Å². The Morgan fingerprint density at radius 3 is 2.62 bits per heavy atom. The summed E-state index contributed by atoms with van der Waals surface area (Å²) in [4.78, 5) is 12.5. The molecule has 1 atom stereocenters. The molecular weight excluding hydrogens is 200 g/mol. The van der Waals surface area contributed by atoms with Crippen LogP contribution in [0.1, 0.15) is 23.0 Å². The Hall–Kier alpha value is -1.81. The van der Waals surface area contributed by atoms with Gasteiger partial charge in [-0.25, -0.2) is 9.97 Å². The molecule has 0 aliphatic rings. The molecule has 1 unspecified atom stereocenters. The largest absolute Gasteiger partial charge is 0.321 e. The average molecular weight is 214 g/mol. The summed E-state index contributed by atoms with van der Waals surface area (Å²) in [5.41, 5.74) is 8.16. The van der Waals surface area contributed by atoms with Gasteiger partial charge in [-0.05, 0) is 30.5 Å². The number of aryl methyl sites for hydroxylation is 1. The van der Waals surface area contributed by atoms with Gasteiger partial charge in [-0.15, -0.1) is 0 Å². The van der Waals surface area contributed by atoms with Gasteiger partial charge in [-0.1, -0.05) is 6.07 Å². The molecule has 2 heterocycles. The van der Waals surface area contributed by atoms with E-state index >= 15 is 0 Å². The molecule has 2 aromatic rings. The van der Waals surface area contributed by atoms with Crippen LogP contribution < -0.4 is 5.73 Å². The predicted molar refractivity (Wildman–Crippen MR) is 61.6 cm³/mol. The Morgan fingerprint density at radius 2 is 2.00 bits per heavy atom. The van der Waals surface area contributed by atoms with Gasteiger partial charge in [0.15, 0.2) is 0 Å². The van der Waals surface area contributed by atoms with Crippen LogP contribution in [-0.4, -0.2) is 15.0 Å². The van der Waals surface area contributed by atoms with Crippen molar-refractivity contribution in [2.75, 3.05) is 0 Å². The summed E-state index contributed by atoms with van der Waals surface area (Å²) in [6.45, 7) is 1.95. The van der Waals surface area contributed by atoms with Crippen LogP contribution >= 0.6 is 0 Å². The maximum absolute atomic E-state index is 6.02. The lowest BCUT2D eigenvalue weighted by Crippen LogP contribution is -2.16. The number of hydrogen-bond donors (Lipinski definition) is 1. The van der Waals surface area contributed by atoms with Gasteiger partial charge in [0, 0.05) is 24.8 Å². The highest BCUT2D eigenvalue weighted by molar-refractivity contribution is 5.13. The maximum atomic E-state index is 6.02. The number of nitrogens with zero attached hydrogens (tertiary/aromatic N) is 3. The second-order valence-electron chi connectivity index (χ2n) is 3.79. The number of nitrogens with two attached hydrogens (primary N) is 1. The van der Waals surface area contributed by atoms with E-state index in [4.69, 9.17) is 5.73 Å². The standard InChI is InChI=1S/C12H14N4/c1-9-6-15-12(16-7-9)11(13)5-10-3-2-4-14-8-10/h2-4,6-8,11H,5,13H2,1H3. The van der Waals surface area contributed by atoms with E-state index in [1.54, 1.807) is 18.6 Å². The minimum atomic E-state index is -0.176. The third-order valence-electron chi connectivity index (χ3n) is 2.31. The first-order valence-electron chi connectivity index (χ1n) is 5.19. The Bertz CT molecular complexity index is 438. The Labute approximate surface area is 94.6 Å². The predicted octanol–water partition coefficient (Wildman–Crippen LogP) is 1.42. The van der Waals surface area contributed by atoms with Crippen molar-refractivity contribution in [1.82, 2.24) is 15.0 Å². The number of rotatable bonds is 3. The summed E-state index contributed by atoms with van der Waals surface area (Å²) in [7, 11) is 0. The van der Waals surface area contributed by atoms with Gasteiger partial charge in [-0.3, -0.25) is 4.98 Å². The van der Waals surface area contributed by atoms with E-state index in [0.717, 1.165) is 11.1 Å². The molecule has 82 valence electrons. The molecule has 0 saturated carbocycles. The van der Waals surface area contributed by atoms with Gasteiger partial charge >= 0.3 is 0 Å². The van der Waals surface area contributed by atoms with Crippen molar-refractivity contribution in [3.63, 3.8) is 0 Å². The fraction of sp³-hybridized carbons (Fsp3) is 0.250. The molecule has 0 saturated heterocycles. The molecule has 2 aromatic heterocycles. The Balaban J connectivity index is 2.09. The molecule has 0 radical (unpaired) electrons. The highest BCUT2D eigenvalue weighted by Gasteiger charge is 2.09. The van der Waals surface area contributed by atoms with E-state index in [9.17, 15) is 0 Å². The first kappa shape index (κ1) is 10.7. The molecule has 0 spiro atoms. The van der Waals surface area contributed by atoms with Crippen LogP contribution in [0.3, 0.4) is 0 Å². The molecule has 2 rings (SSSR count). The number of hydrogen-bond acceptors (Lipinski definition) is 4. The molecule has 0 fully saturated rings. The zero-order valence-corrected chi connectivity index (χ0v) is 9.17. The van der Waals surface area contributed by atoms with Gasteiger partial charge in [0.05, 0.1) is 6.04 Å². The smallest absolute Gasteiger partial charge is 0.145 e. The second-order valence-corrected chi connectivity index (χ2v) is 3.79. The van der Waals surface area contributed by atoms with E-state index < -0.39 is 0 Å². The second kappa shape index (κ2) is 4.81. The lowest BCUT2D eigenvalue weighted by Gasteiger charge is -2.09. The number of pyridine rings is 1. The van der Waals surface area contributed by atoms with E-state index in [1.165, 1.54) is 0 Å². The highest BCUT2D eigenvalue weighted by Crippen LogP contribution is 2.11. The van der Waals surface area contributed by atoms with Crippen molar-refractivity contribution < 1.29 is 0 Å². The minimum Gasteiger partial charge on any atom is -0.321 e. The lowest BCUT2D eigenvalue weighted by atomic mass is 10.1. The molecule has 2 N–H and O–H groups in total. The summed E-state index contributed by atoms with van der Waals surface area (Å²) in [5.74, 6) is 0.675. The minimum absolute atomic E-state index is 0.176. The van der Waals surface area contributed by atoms with Crippen LogP contribution in [0.15, 0.2) is 36.9 Å². The summed E-state index contributed by atoms with van der Waals surface area (Å²) in [6, 6.07) is 3.73. The SMILES string of the molecule is Cc1cnc(C(N)Cc2cccnc2)nc1. The number of aromatic nitrogens is 3. The van der Waals surface area contributed by atoms with E-state index in [0.29, 0.717) is 12.2 Å². The van der Waals surface area contributed by atoms with Crippen molar-refractivity contribution in [2.24, 2.45) is 5.73 Å². The van der Waals surface area contributed by atoms with Gasteiger partial charge in [0.2, 0.25) is 0 Å². The van der Waals surface area contributed by atoms with Gasteiger partial charge < -0.3 is 5.73 Å². The molecule has 4 nitrogen and oxygen atoms in total. The van der Waals surface area contributed by atoms with Gasteiger partial charge in [0.25, 0.3) is 0 Å². The van der Waals surface area contributed by atoms with E-state index in [2.05, 4.69) is 15.0 Å². The van der Waals surface area contributed by atoms with E-state index in [1.807, 2.05) is 25.3 Å². The lowest BCUT2D eigenvalue weighted by molar-refractivity contribution is 0.664. The van der Waals surface area contributed by atoms with Crippen molar-refractivity contribution in [2.45, 2.75) is 19.4 Å². The zero-order valence-electron chi connectivity index (χ0n) is 9.17. The molecular formula is C12H14N4. The maximum Gasteiger partial charge on any atom is 0.145 e. The van der Waals surface area contributed by atoms with Crippen molar-refractivity contribution in [3.8, 4) is 0 Å².